The lowest BCUT2D eigenvalue weighted by Gasteiger charge is -2.45. The number of nitrogens with zero attached hydrogens (tertiary/aromatic N) is 1. The predicted octanol–water partition coefficient (Wildman–Crippen LogP) is 3.02. The number of hydrogen-bond donors (Lipinski definition) is 5. The number of hydrogen-bond acceptors (Lipinski definition) is 6. The van der Waals surface area contributed by atoms with Crippen molar-refractivity contribution >= 4 is 12.1 Å². The van der Waals surface area contributed by atoms with Gasteiger partial charge < -0.3 is 27.4 Å². The molecule has 7 atom stereocenters. The maximum Gasteiger partial charge on any atom is 0.228 e. The largest absolute Gasteiger partial charge is 0.348 e. The van der Waals surface area contributed by atoms with E-state index in [1.807, 2.05) is 6.21 Å². The Morgan fingerprint density at radius 3 is 2.46 bits per heavy atom. The Bertz CT molecular complexity index is 778. The van der Waals surface area contributed by atoms with Crippen molar-refractivity contribution in [3.63, 3.8) is 0 Å². The monoisotopic (exact) mass is 518 g/mol. The van der Waals surface area contributed by atoms with Crippen LogP contribution in [-0.4, -0.2) is 62.2 Å². The lowest BCUT2D eigenvalue weighted by Crippen LogP contribution is -2.62. The maximum absolute atomic E-state index is 14.6. The number of aliphatic imine (C=N–C) groups is 1. The number of alkyl halides is 1. The SMILES string of the molecule is NC(N)C(C(=O)NC1C=NC(C2CCCCCC2)C2CNCCC12)C1CC2(CCCC2)CCC(F)CN1. The molecule has 0 aromatic carbocycles. The molecule has 0 aromatic rings. The van der Waals surface area contributed by atoms with E-state index in [2.05, 4.69) is 16.0 Å². The highest BCUT2D eigenvalue weighted by Crippen LogP contribution is 2.47. The minimum absolute atomic E-state index is 0.0919. The summed E-state index contributed by atoms with van der Waals surface area (Å²) in [4.78, 5) is 19.0. The number of fused-ring (bicyclic) bond motifs is 1. The van der Waals surface area contributed by atoms with E-state index >= 15 is 0 Å². The summed E-state index contributed by atoms with van der Waals surface area (Å²) in [7, 11) is 0. The van der Waals surface area contributed by atoms with Gasteiger partial charge in [0.05, 0.1) is 24.2 Å². The molecular formula is C29H51FN6O. The molecule has 4 fully saturated rings. The molecule has 1 spiro atoms. The van der Waals surface area contributed by atoms with Crippen LogP contribution < -0.4 is 27.4 Å². The van der Waals surface area contributed by atoms with Crippen LogP contribution in [0.4, 0.5) is 4.39 Å². The van der Waals surface area contributed by atoms with Gasteiger partial charge in [-0.3, -0.25) is 9.79 Å². The molecule has 8 heteroatoms. The fourth-order valence-electron chi connectivity index (χ4n) is 8.61. The molecule has 210 valence electrons. The van der Waals surface area contributed by atoms with Gasteiger partial charge in [-0.15, -0.1) is 0 Å². The molecule has 2 aliphatic carbocycles. The van der Waals surface area contributed by atoms with E-state index in [0.717, 1.165) is 45.2 Å². The number of halogens is 1. The van der Waals surface area contributed by atoms with E-state index in [-0.39, 0.29) is 30.0 Å². The van der Waals surface area contributed by atoms with E-state index in [9.17, 15) is 9.18 Å². The van der Waals surface area contributed by atoms with Crippen LogP contribution in [0.1, 0.15) is 89.9 Å². The van der Waals surface area contributed by atoms with Crippen LogP contribution in [0.2, 0.25) is 0 Å². The number of nitrogens with one attached hydrogen (secondary N) is 3. The predicted molar refractivity (Wildman–Crippen MR) is 147 cm³/mol. The maximum atomic E-state index is 14.6. The number of piperidine rings is 1. The molecule has 3 heterocycles. The first kappa shape index (κ1) is 27.5. The molecular weight excluding hydrogens is 467 g/mol. The summed E-state index contributed by atoms with van der Waals surface area (Å²) in [5.74, 6) is 0.801. The van der Waals surface area contributed by atoms with Gasteiger partial charge in [0.1, 0.15) is 6.17 Å². The van der Waals surface area contributed by atoms with Crippen LogP contribution >= 0.6 is 0 Å². The molecule has 1 amide bonds. The summed E-state index contributed by atoms with van der Waals surface area (Å²) in [5.41, 5.74) is 12.7. The summed E-state index contributed by atoms with van der Waals surface area (Å²) in [6.07, 6.45) is 16.2. The number of carbonyl (C=O) groups excluding carboxylic acids is 1. The van der Waals surface area contributed by atoms with Gasteiger partial charge in [-0.2, -0.15) is 0 Å². The van der Waals surface area contributed by atoms with Crippen LogP contribution in [-0.2, 0) is 4.79 Å². The van der Waals surface area contributed by atoms with E-state index < -0.39 is 18.3 Å². The minimum Gasteiger partial charge on any atom is -0.348 e. The lowest BCUT2D eigenvalue weighted by atomic mass is 9.70. The zero-order valence-electron chi connectivity index (χ0n) is 22.7. The molecule has 0 aromatic heterocycles. The van der Waals surface area contributed by atoms with Gasteiger partial charge in [-0.05, 0) is 81.1 Å². The molecule has 3 aliphatic heterocycles. The molecule has 2 saturated carbocycles. The number of carbonyl (C=O) groups is 1. The first-order valence-corrected chi connectivity index (χ1v) is 15.4. The van der Waals surface area contributed by atoms with Crippen LogP contribution in [0.25, 0.3) is 0 Å². The molecule has 0 radical (unpaired) electrons. The molecule has 7 unspecified atom stereocenters. The van der Waals surface area contributed by atoms with Gasteiger partial charge in [0.15, 0.2) is 0 Å². The van der Waals surface area contributed by atoms with Crippen LogP contribution in [0.15, 0.2) is 4.99 Å². The Balaban J connectivity index is 1.31. The van der Waals surface area contributed by atoms with Gasteiger partial charge >= 0.3 is 0 Å². The Morgan fingerprint density at radius 2 is 1.73 bits per heavy atom. The molecule has 37 heavy (non-hydrogen) atoms. The summed E-state index contributed by atoms with van der Waals surface area (Å²) in [5, 5.41) is 10.4. The second kappa shape index (κ2) is 12.4. The van der Waals surface area contributed by atoms with Crippen molar-refractivity contribution in [1.82, 2.24) is 16.0 Å². The molecule has 2 saturated heterocycles. The topological polar surface area (TPSA) is 118 Å². The van der Waals surface area contributed by atoms with Gasteiger partial charge in [-0.1, -0.05) is 38.5 Å². The lowest BCUT2D eigenvalue weighted by molar-refractivity contribution is -0.128. The highest BCUT2D eigenvalue weighted by Gasteiger charge is 2.46. The summed E-state index contributed by atoms with van der Waals surface area (Å²) in [6.45, 7) is 2.21. The Hall–Kier alpha value is -1.09. The molecule has 5 rings (SSSR count). The first-order valence-electron chi connectivity index (χ1n) is 15.4. The fourth-order valence-corrected chi connectivity index (χ4v) is 8.61. The van der Waals surface area contributed by atoms with E-state index in [0.29, 0.717) is 30.2 Å². The van der Waals surface area contributed by atoms with Crippen LogP contribution in [0.3, 0.4) is 0 Å². The van der Waals surface area contributed by atoms with Gasteiger partial charge in [0.25, 0.3) is 0 Å². The third-order valence-electron chi connectivity index (χ3n) is 10.7. The van der Waals surface area contributed by atoms with Crippen molar-refractivity contribution in [3.8, 4) is 0 Å². The third-order valence-corrected chi connectivity index (χ3v) is 10.7. The van der Waals surface area contributed by atoms with Crippen molar-refractivity contribution in [2.45, 2.75) is 120 Å². The molecule has 7 N–H and O–H groups in total. The third kappa shape index (κ3) is 6.39. The summed E-state index contributed by atoms with van der Waals surface area (Å²) in [6, 6.07) is 0.0538. The van der Waals surface area contributed by atoms with Crippen molar-refractivity contribution in [1.29, 1.82) is 0 Å². The Labute approximate surface area is 222 Å². The quantitative estimate of drug-likeness (QED) is 0.283. The average Bonchev–Trinajstić information content (AvgIpc) is 3.18. The van der Waals surface area contributed by atoms with Crippen molar-refractivity contribution in [2.24, 2.45) is 45.5 Å². The standard InChI is InChI=1S/C29H51FN6O/c30-20-9-13-29(11-5-6-12-29)15-23(34-16-20)25(27(31)32)28(37)36-24-18-35-26(19-7-3-1-2-4-8-19)22-17-33-14-10-21(22)24/h18-27,33-34H,1-17,31-32H2,(H,36,37). The summed E-state index contributed by atoms with van der Waals surface area (Å²) < 4.78 is 14.6. The number of nitrogens with two attached hydrogens (primary N) is 2. The zero-order chi connectivity index (χ0) is 25.8. The second-order valence-electron chi connectivity index (χ2n) is 13.1. The van der Waals surface area contributed by atoms with Crippen LogP contribution in [0, 0.1) is 29.1 Å². The van der Waals surface area contributed by atoms with Crippen molar-refractivity contribution < 1.29 is 9.18 Å². The second-order valence-corrected chi connectivity index (χ2v) is 13.1. The van der Waals surface area contributed by atoms with E-state index in [1.54, 1.807) is 0 Å². The minimum atomic E-state index is -0.889. The summed E-state index contributed by atoms with van der Waals surface area (Å²) >= 11 is 0. The first-order chi connectivity index (χ1) is 18.0. The van der Waals surface area contributed by atoms with Gasteiger partial charge in [0.2, 0.25) is 5.91 Å². The average molecular weight is 519 g/mol. The van der Waals surface area contributed by atoms with Gasteiger partial charge in [-0.25, -0.2) is 4.39 Å². The molecule has 0 bridgehead atoms. The smallest absolute Gasteiger partial charge is 0.228 e. The zero-order valence-corrected chi connectivity index (χ0v) is 22.7. The Morgan fingerprint density at radius 1 is 0.973 bits per heavy atom. The Kier molecular flexibility index (Phi) is 9.20. The molecule has 5 aliphatic rings. The van der Waals surface area contributed by atoms with Crippen molar-refractivity contribution in [3.05, 3.63) is 0 Å². The highest BCUT2D eigenvalue weighted by atomic mass is 19.1. The fraction of sp³-hybridized carbons (Fsp3) is 0.931. The number of amides is 1. The van der Waals surface area contributed by atoms with E-state index in [4.69, 9.17) is 16.5 Å². The van der Waals surface area contributed by atoms with Crippen LogP contribution in [0.5, 0.6) is 0 Å². The highest BCUT2D eigenvalue weighted by molar-refractivity contribution is 5.84. The van der Waals surface area contributed by atoms with Gasteiger partial charge in [0, 0.05) is 25.3 Å². The molecule has 7 nitrogen and oxygen atoms in total. The normalized spacial score (nSPS) is 37.9. The van der Waals surface area contributed by atoms with E-state index in [1.165, 1.54) is 51.4 Å². The van der Waals surface area contributed by atoms with Crippen molar-refractivity contribution in [2.75, 3.05) is 19.6 Å². The number of rotatable bonds is 5.